The van der Waals surface area contributed by atoms with Gasteiger partial charge in [-0.1, -0.05) is 42.5 Å². The fourth-order valence-corrected chi connectivity index (χ4v) is 5.78. The molecule has 11 heteroatoms. The molecule has 1 aromatic carbocycles. The van der Waals surface area contributed by atoms with Crippen molar-refractivity contribution >= 4 is 29.5 Å². The topological polar surface area (TPSA) is 131 Å². The fraction of sp³-hybridized carbons (Fsp3) is 0.595. The molecule has 0 unspecified atom stereocenters. The van der Waals surface area contributed by atoms with Crippen LogP contribution in [-0.4, -0.2) is 77.6 Å². The molecule has 0 bridgehead atoms. The first-order chi connectivity index (χ1) is 24.5. The highest BCUT2D eigenvalue weighted by molar-refractivity contribution is 5.78. The van der Waals surface area contributed by atoms with Crippen molar-refractivity contribution in [3.05, 3.63) is 72.1 Å². The Labute approximate surface area is 314 Å². The Hall–Kier alpha value is -4.09. The summed E-state index contributed by atoms with van der Waals surface area (Å²) in [7, 11) is 0. The Balaban J connectivity index is 1.93. The van der Waals surface area contributed by atoms with Crippen LogP contribution in [0.15, 0.2) is 60.9 Å². The normalized spacial score (nSPS) is 24.4. The van der Waals surface area contributed by atoms with Gasteiger partial charge in [0.25, 0.3) is 0 Å². The monoisotopic (exact) mass is 734 g/mol. The summed E-state index contributed by atoms with van der Waals surface area (Å²) >= 11 is 0. The van der Waals surface area contributed by atoms with E-state index < -0.39 is 76.2 Å². The number of ether oxygens (including phenoxy) is 5. The van der Waals surface area contributed by atoms with Crippen LogP contribution in [0.5, 0.6) is 0 Å². The number of nitrogens with zero attached hydrogens (tertiary/aromatic N) is 2. The van der Waals surface area contributed by atoms with Crippen molar-refractivity contribution in [3.8, 4) is 0 Å². The molecule has 290 valence electrons. The minimum atomic E-state index is -1.34. The van der Waals surface area contributed by atoms with E-state index in [9.17, 15) is 19.2 Å². The zero-order chi connectivity index (χ0) is 39.5. The highest BCUT2D eigenvalue weighted by Crippen LogP contribution is 2.42. The summed E-state index contributed by atoms with van der Waals surface area (Å²) < 4.78 is 31.5. The van der Waals surface area contributed by atoms with Crippen LogP contribution in [0.4, 0.5) is 0 Å². The first kappa shape index (κ1) is 41.7. The molecule has 0 spiro atoms. The van der Waals surface area contributed by atoms with Crippen LogP contribution in [-0.2, 0) is 42.9 Å². The number of hydrogen-bond acceptors (Lipinski definition) is 11. The summed E-state index contributed by atoms with van der Waals surface area (Å²) in [6.45, 7) is 20.6. The minimum absolute atomic E-state index is 0.325. The van der Waals surface area contributed by atoms with Gasteiger partial charge in [0.15, 0.2) is 24.5 Å². The van der Waals surface area contributed by atoms with Gasteiger partial charge in [-0.3, -0.25) is 29.1 Å². The van der Waals surface area contributed by atoms with E-state index in [1.807, 2.05) is 35.2 Å². The van der Waals surface area contributed by atoms with Gasteiger partial charge in [0.2, 0.25) is 0 Å². The van der Waals surface area contributed by atoms with Crippen LogP contribution in [0.25, 0.3) is 5.57 Å². The second kappa shape index (κ2) is 16.1. The number of carbonyl (C=O) groups is 4. The van der Waals surface area contributed by atoms with E-state index in [0.717, 1.165) is 16.7 Å². The average Bonchev–Trinajstić information content (AvgIpc) is 3.07. The second-order valence-electron chi connectivity index (χ2n) is 18.1. The number of aromatic nitrogens is 1. The lowest BCUT2D eigenvalue weighted by atomic mass is 9.88. The maximum Gasteiger partial charge on any atom is 0.311 e. The van der Waals surface area contributed by atoms with Crippen LogP contribution in [0.1, 0.15) is 107 Å². The second-order valence-corrected chi connectivity index (χ2v) is 18.1. The van der Waals surface area contributed by atoms with Crippen molar-refractivity contribution in [1.29, 1.82) is 0 Å². The van der Waals surface area contributed by atoms with Crippen molar-refractivity contribution in [2.24, 2.45) is 21.7 Å². The molecule has 1 aromatic heterocycles. The molecule has 1 saturated heterocycles. The highest BCUT2D eigenvalue weighted by Gasteiger charge is 2.57. The number of pyridine rings is 1. The molecular weight excluding hydrogens is 676 g/mol. The van der Waals surface area contributed by atoms with Crippen LogP contribution in [0, 0.1) is 21.7 Å². The first-order valence-corrected chi connectivity index (χ1v) is 18.3. The maximum atomic E-state index is 13.8. The number of hydrogen-bond donors (Lipinski definition) is 0. The molecule has 2 aliphatic rings. The summed E-state index contributed by atoms with van der Waals surface area (Å²) in [5.74, 6) is -2.27. The fourth-order valence-electron chi connectivity index (χ4n) is 5.78. The Morgan fingerprint density at radius 3 is 1.74 bits per heavy atom. The molecular formula is C42H58N2O9. The molecule has 1 fully saturated rings. The molecule has 2 aliphatic heterocycles. The van der Waals surface area contributed by atoms with E-state index in [1.54, 1.807) is 95.5 Å². The van der Waals surface area contributed by atoms with Crippen LogP contribution >= 0.6 is 0 Å². The van der Waals surface area contributed by atoms with Crippen LogP contribution in [0.2, 0.25) is 0 Å². The van der Waals surface area contributed by atoms with Gasteiger partial charge in [0.1, 0.15) is 12.7 Å². The van der Waals surface area contributed by atoms with E-state index in [-0.39, 0.29) is 12.6 Å². The van der Waals surface area contributed by atoms with Crippen LogP contribution in [0.3, 0.4) is 0 Å². The van der Waals surface area contributed by atoms with Gasteiger partial charge in [-0.2, -0.15) is 0 Å². The Kier molecular flexibility index (Phi) is 12.7. The molecule has 2 aromatic rings. The third-order valence-electron chi connectivity index (χ3n) is 9.07. The minimum Gasteiger partial charge on any atom is -0.462 e. The molecule has 0 amide bonds. The lowest BCUT2D eigenvalue weighted by molar-refractivity contribution is -0.287. The highest BCUT2D eigenvalue weighted by atomic mass is 16.7. The van der Waals surface area contributed by atoms with Gasteiger partial charge in [0.05, 0.1) is 21.7 Å². The van der Waals surface area contributed by atoms with Crippen molar-refractivity contribution < 1.29 is 42.9 Å². The lowest BCUT2D eigenvalue weighted by Gasteiger charge is -2.51. The number of rotatable bonds is 8. The predicted octanol–water partition coefficient (Wildman–Crippen LogP) is 7.10. The third-order valence-corrected chi connectivity index (χ3v) is 9.07. The summed E-state index contributed by atoms with van der Waals surface area (Å²) in [6, 6.07) is 13.6. The zero-order valence-corrected chi connectivity index (χ0v) is 33.4. The van der Waals surface area contributed by atoms with Crippen molar-refractivity contribution in [3.63, 3.8) is 0 Å². The van der Waals surface area contributed by atoms with E-state index >= 15 is 0 Å². The summed E-state index contributed by atoms with van der Waals surface area (Å²) in [6.07, 6.45) is 0.0425. The summed E-state index contributed by atoms with van der Waals surface area (Å²) in [5.41, 5.74) is -0.667. The zero-order valence-electron chi connectivity index (χ0n) is 33.4. The number of esters is 4. The molecule has 4 rings (SSSR count). The summed E-state index contributed by atoms with van der Waals surface area (Å²) in [4.78, 5) is 60.9. The quantitative estimate of drug-likeness (QED) is 0.203. The van der Waals surface area contributed by atoms with E-state index in [2.05, 4.69) is 23.2 Å². The van der Waals surface area contributed by atoms with Crippen molar-refractivity contribution in [2.45, 2.75) is 126 Å². The largest absolute Gasteiger partial charge is 0.462 e. The van der Waals surface area contributed by atoms with Crippen molar-refractivity contribution in [1.82, 2.24) is 9.88 Å². The number of carbonyl (C=O) groups excluding carboxylic acids is 4. The Bertz CT molecular complexity index is 1630. The predicted molar refractivity (Wildman–Crippen MR) is 200 cm³/mol. The molecule has 11 nitrogen and oxygen atoms in total. The third kappa shape index (κ3) is 10.5. The van der Waals surface area contributed by atoms with E-state index in [4.69, 9.17) is 23.7 Å². The van der Waals surface area contributed by atoms with Gasteiger partial charge in [-0.25, -0.2) is 0 Å². The van der Waals surface area contributed by atoms with Gasteiger partial charge < -0.3 is 23.7 Å². The smallest absolute Gasteiger partial charge is 0.311 e. The number of benzene rings is 1. The molecule has 0 N–H and O–H groups in total. The van der Waals surface area contributed by atoms with E-state index in [0.29, 0.717) is 13.0 Å². The first-order valence-electron chi connectivity index (χ1n) is 18.3. The molecule has 3 heterocycles. The Morgan fingerprint density at radius 2 is 1.23 bits per heavy atom. The molecule has 6 atom stereocenters. The average molecular weight is 735 g/mol. The standard InChI is InChI=1S/C42H58N2O9/c1-39(2,3)35(45)49-25-30-31(51-36(46)40(4,5)6)32(52-37(47)41(7,8)9)33(53-38(48)42(10,11)12)34(50-30)44-22-20-27(26-17-14-13-15-18-26)23-29(44)28-19-16-21-43-24-28/h13-21,24,29-34H,22-23,25H2,1-12H3/t29-,30+,31-,32-,33+,34+/m0/s1. The molecule has 0 saturated carbocycles. The van der Waals surface area contributed by atoms with Crippen LogP contribution < -0.4 is 0 Å². The van der Waals surface area contributed by atoms with Gasteiger partial charge in [-0.15, -0.1) is 0 Å². The lowest BCUT2D eigenvalue weighted by Crippen LogP contribution is -2.67. The molecule has 53 heavy (non-hydrogen) atoms. The van der Waals surface area contributed by atoms with E-state index in [1.165, 1.54) is 0 Å². The molecule has 0 radical (unpaired) electrons. The summed E-state index contributed by atoms with van der Waals surface area (Å²) in [5, 5.41) is 0. The van der Waals surface area contributed by atoms with Gasteiger partial charge in [0, 0.05) is 25.0 Å². The van der Waals surface area contributed by atoms with Gasteiger partial charge >= 0.3 is 23.9 Å². The maximum absolute atomic E-state index is 13.8. The SMILES string of the molecule is CC(C)(C)C(=O)OC[C@H]1O[C@@H](N2CC=C(c3ccccc3)C[C@H]2c2cccnc2)[C@H](OC(=O)C(C)(C)C)[C@@H](OC(=O)C(C)(C)C)[C@H]1OC(=O)C(C)(C)C. The van der Waals surface area contributed by atoms with Crippen molar-refractivity contribution in [2.75, 3.05) is 13.2 Å². The Morgan fingerprint density at radius 1 is 0.698 bits per heavy atom. The molecule has 0 aliphatic carbocycles. The van der Waals surface area contributed by atoms with Gasteiger partial charge in [-0.05, 0) is 112 Å².